The van der Waals surface area contributed by atoms with Crippen LogP contribution in [0.3, 0.4) is 0 Å². The summed E-state index contributed by atoms with van der Waals surface area (Å²) in [6.07, 6.45) is 7.60. The van der Waals surface area contributed by atoms with E-state index < -0.39 is 10.0 Å². The van der Waals surface area contributed by atoms with Gasteiger partial charge >= 0.3 is 0 Å². The standard InChI is InChI=1S/C20H25N3O3S/c1-27(25,26)22-19-8-6-17(7-9-19)20(24)18-5-3-12-23(15-18)13-10-16-4-2-11-21-14-16/h2,4,6-9,11,14,18,22H,3,5,10,12-13,15H2,1H3. The van der Waals surface area contributed by atoms with Crippen molar-refractivity contribution in [1.29, 1.82) is 0 Å². The summed E-state index contributed by atoms with van der Waals surface area (Å²) < 4.78 is 25.0. The van der Waals surface area contributed by atoms with Gasteiger partial charge in [-0.3, -0.25) is 14.5 Å². The fourth-order valence-electron chi connectivity index (χ4n) is 3.46. The number of hydrogen-bond donors (Lipinski definition) is 1. The largest absolute Gasteiger partial charge is 0.302 e. The fraction of sp³-hybridized carbons (Fsp3) is 0.400. The number of hydrogen-bond acceptors (Lipinski definition) is 5. The van der Waals surface area contributed by atoms with Gasteiger partial charge in [0, 0.05) is 42.7 Å². The van der Waals surface area contributed by atoms with Gasteiger partial charge in [0.2, 0.25) is 10.0 Å². The van der Waals surface area contributed by atoms with Gasteiger partial charge in [-0.15, -0.1) is 0 Å². The lowest BCUT2D eigenvalue weighted by Gasteiger charge is -2.32. The van der Waals surface area contributed by atoms with Crippen LogP contribution in [0.1, 0.15) is 28.8 Å². The third-order valence-corrected chi connectivity index (χ3v) is 5.39. The minimum atomic E-state index is -3.31. The van der Waals surface area contributed by atoms with Crippen LogP contribution in [0, 0.1) is 5.92 Å². The first-order valence-electron chi connectivity index (χ1n) is 9.14. The summed E-state index contributed by atoms with van der Waals surface area (Å²) in [5.41, 5.74) is 2.31. The van der Waals surface area contributed by atoms with Crippen LogP contribution in [0.15, 0.2) is 48.8 Å². The summed E-state index contributed by atoms with van der Waals surface area (Å²) in [7, 11) is -3.31. The van der Waals surface area contributed by atoms with Gasteiger partial charge in [-0.05, 0) is 61.7 Å². The molecule has 0 saturated carbocycles. The molecule has 3 rings (SSSR count). The van der Waals surface area contributed by atoms with Crippen LogP contribution >= 0.6 is 0 Å². The highest BCUT2D eigenvalue weighted by Crippen LogP contribution is 2.22. The number of benzene rings is 1. The first-order valence-corrected chi connectivity index (χ1v) is 11.0. The van der Waals surface area contributed by atoms with Gasteiger partial charge < -0.3 is 4.90 Å². The van der Waals surface area contributed by atoms with Crippen LogP contribution < -0.4 is 4.72 Å². The van der Waals surface area contributed by atoms with Crippen molar-refractivity contribution in [3.05, 3.63) is 59.9 Å². The van der Waals surface area contributed by atoms with Gasteiger partial charge in [0.25, 0.3) is 0 Å². The van der Waals surface area contributed by atoms with Crippen LogP contribution in [-0.2, 0) is 16.4 Å². The van der Waals surface area contributed by atoms with Crippen LogP contribution in [0.5, 0.6) is 0 Å². The van der Waals surface area contributed by atoms with E-state index in [1.807, 2.05) is 12.3 Å². The van der Waals surface area contributed by atoms with Gasteiger partial charge in [0.05, 0.1) is 6.26 Å². The maximum atomic E-state index is 12.8. The maximum Gasteiger partial charge on any atom is 0.229 e. The van der Waals surface area contributed by atoms with Crippen LogP contribution in [0.4, 0.5) is 5.69 Å². The van der Waals surface area contributed by atoms with Crippen molar-refractivity contribution in [2.75, 3.05) is 30.6 Å². The second-order valence-corrected chi connectivity index (χ2v) is 8.82. The predicted octanol–water partition coefficient (Wildman–Crippen LogP) is 2.59. The molecule has 1 unspecified atom stereocenters. The second-order valence-electron chi connectivity index (χ2n) is 7.07. The Hall–Kier alpha value is -2.25. The molecule has 0 bridgehead atoms. The van der Waals surface area contributed by atoms with Crippen molar-refractivity contribution in [3.63, 3.8) is 0 Å². The van der Waals surface area contributed by atoms with E-state index in [1.165, 1.54) is 5.56 Å². The molecule has 0 amide bonds. The van der Waals surface area contributed by atoms with E-state index in [0.29, 0.717) is 11.3 Å². The number of carbonyl (C=O) groups is 1. The van der Waals surface area contributed by atoms with Crippen LogP contribution in [0.25, 0.3) is 0 Å². The van der Waals surface area contributed by atoms with Gasteiger partial charge in [-0.25, -0.2) is 8.42 Å². The molecule has 7 heteroatoms. The van der Waals surface area contributed by atoms with Crippen LogP contribution in [0.2, 0.25) is 0 Å². The molecular formula is C20H25N3O3S. The quantitative estimate of drug-likeness (QED) is 0.739. The number of pyridine rings is 1. The average molecular weight is 388 g/mol. The highest BCUT2D eigenvalue weighted by Gasteiger charge is 2.26. The Bertz CT molecular complexity index is 867. The molecule has 1 saturated heterocycles. The minimum absolute atomic E-state index is 0.0126. The molecule has 1 aromatic carbocycles. The van der Waals surface area contributed by atoms with Gasteiger partial charge in [0.1, 0.15) is 0 Å². The molecule has 2 heterocycles. The van der Waals surface area contributed by atoms with Crippen molar-refractivity contribution in [1.82, 2.24) is 9.88 Å². The van der Waals surface area contributed by atoms with E-state index in [2.05, 4.69) is 20.7 Å². The lowest BCUT2D eigenvalue weighted by molar-refractivity contribution is 0.0821. The molecule has 6 nitrogen and oxygen atoms in total. The molecule has 1 aliphatic rings. The highest BCUT2D eigenvalue weighted by atomic mass is 32.2. The van der Waals surface area contributed by atoms with Gasteiger partial charge in [0.15, 0.2) is 5.78 Å². The SMILES string of the molecule is CS(=O)(=O)Nc1ccc(C(=O)C2CCCN(CCc3cccnc3)C2)cc1. The maximum absolute atomic E-state index is 12.8. The van der Waals surface area contributed by atoms with Crippen molar-refractivity contribution in [3.8, 4) is 0 Å². The number of anilines is 1. The first-order chi connectivity index (χ1) is 12.9. The molecule has 0 radical (unpaired) electrons. The zero-order chi connectivity index (χ0) is 19.3. The van der Waals surface area contributed by atoms with Gasteiger partial charge in [-0.2, -0.15) is 0 Å². The molecule has 1 aromatic heterocycles. The Balaban J connectivity index is 1.57. The summed E-state index contributed by atoms with van der Waals surface area (Å²) in [6.45, 7) is 2.70. The van der Waals surface area contributed by atoms with E-state index in [9.17, 15) is 13.2 Å². The van der Waals surface area contributed by atoms with E-state index in [-0.39, 0.29) is 11.7 Å². The Kier molecular flexibility index (Phi) is 6.23. The molecule has 0 spiro atoms. The van der Waals surface area contributed by atoms with Crippen molar-refractivity contribution in [2.24, 2.45) is 5.92 Å². The molecule has 1 atom stereocenters. The van der Waals surface area contributed by atoms with Crippen molar-refractivity contribution >= 4 is 21.5 Å². The molecule has 1 N–H and O–H groups in total. The number of nitrogens with one attached hydrogen (secondary N) is 1. The Morgan fingerprint density at radius 1 is 1.26 bits per heavy atom. The third-order valence-electron chi connectivity index (χ3n) is 4.79. The number of Topliss-reactive ketones (excluding diaryl/α,β-unsaturated/α-hetero) is 1. The van der Waals surface area contributed by atoms with E-state index >= 15 is 0 Å². The molecule has 144 valence electrons. The number of carbonyl (C=O) groups excluding carboxylic acids is 1. The summed E-state index contributed by atoms with van der Waals surface area (Å²) in [5.74, 6) is 0.119. The van der Waals surface area contributed by atoms with Crippen molar-refractivity contribution in [2.45, 2.75) is 19.3 Å². The minimum Gasteiger partial charge on any atom is -0.302 e. The summed E-state index contributed by atoms with van der Waals surface area (Å²) in [6, 6.07) is 10.7. The number of ketones is 1. The van der Waals surface area contributed by atoms with E-state index in [1.54, 1.807) is 30.5 Å². The summed E-state index contributed by atoms with van der Waals surface area (Å²) >= 11 is 0. The van der Waals surface area contributed by atoms with E-state index in [4.69, 9.17) is 0 Å². The Labute approximate surface area is 160 Å². The van der Waals surface area contributed by atoms with Gasteiger partial charge in [-0.1, -0.05) is 6.07 Å². The number of nitrogens with zero attached hydrogens (tertiary/aromatic N) is 2. The summed E-state index contributed by atoms with van der Waals surface area (Å²) in [5, 5.41) is 0. The molecule has 0 aliphatic carbocycles. The topological polar surface area (TPSA) is 79.4 Å². The zero-order valence-corrected chi connectivity index (χ0v) is 16.3. The number of sulfonamides is 1. The third kappa shape index (κ3) is 5.87. The fourth-order valence-corrected chi connectivity index (χ4v) is 4.02. The molecule has 27 heavy (non-hydrogen) atoms. The number of aromatic nitrogens is 1. The highest BCUT2D eigenvalue weighted by molar-refractivity contribution is 7.92. The molecule has 1 fully saturated rings. The van der Waals surface area contributed by atoms with Crippen molar-refractivity contribution < 1.29 is 13.2 Å². The lowest BCUT2D eigenvalue weighted by atomic mass is 9.90. The Morgan fingerprint density at radius 3 is 2.70 bits per heavy atom. The summed E-state index contributed by atoms with van der Waals surface area (Å²) in [4.78, 5) is 19.3. The normalized spacial score (nSPS) is 18.2. The zero-order valence-electron chi connectivity index (χ0n) is 15.5. The average Bonchev–Trinajstić information content (AvgIpc) is 2.66. The molecule has 2 aromatic rings. The van der Waals surface area contributed by atoms with Crippen LogP contribution in [-0.4, -0.2) is 50.0 Å². The number of likely N-dealkylation sites (tertiary alicyclic amines) is 1. The first kappa shape index (κ1) is 19.5. The predicted molar refractivity (Wildman–Crippen MR) is 106 cm³/mol. The smallest absolute Gasteiger partial charge is 0.229 e. The molecular weight excluding hydrogens is 362 g/mol. The lowest BCUT2D eigenvalue weighted by Crippen LogP contribution is -2.39. The number of piperidine rings is 1. The number of rotatable bonds is 7. The second kappa shape index (κ2) is 8.63. The molecule has 1 aliphatic heterocycles. The van der Waals surface area contributed by atoms with E-state index in [0.717, 1.165) is 45.2 Å². The monoisotopic (exact) mass is 387 g/mol. The Morgan fingerprint density at radius 2 is 2.04 bits per heavy atom.